The highest BCUT2D eigenvalue weighted by Crippen LogP contribution is 2.42. The summed E-state index contributed by atoms with van der Waals surface area (Å²) in [6, 6.07) is 10.1. The van der Waals surface area contributed by atoms with Gasteiger partial charge < -0.3 is 4.90 Å². The molecular formula is C19H23N3O. The Morgan fingerprint density at radius 2 is 1.78 bits per heavy atom. The highest BCUT2D eigenvalue weighted by molar-refractivity contribution is 5.97. The maximum Gasteiger partial charge on any atom is 0.257 e. The fourth-order valence-corrected chi connectivity index (χ4v) is 3.51. The Kier molecular flexibility index (Phi) is 3.68. The van der Waals surface area contributed by atoms with Gasteiger partial charge in [0.05, 0.1) is 22.6 Å². The van der Waals surface area contributed by atoms with Gasteiger partial charge in [0.2, 0.25) is 0 Å². The Labute approximate surface area is 137 Å². The first-order chi connectivity index (χ1) is 11.3. The van der Waals surface area contributed by atoms with Gasteiger partial charge in [0.25, 0.3) is 5.91 Å². The number of benzene rings is 1. The molecule has 0 radical (unpaired) electrons. The number of carbonyl (C=O) groups is 1. The van der Waals surface area contributed by atoms with Crippen molar-refractivity contribution in [1.29, 1.82) is 0 Å². The average molecular weight is 309 g/mol. The molecule has 0 unspecified atom stereocenters. The molecule has 23 heavy (non-hydrogen) atoms. The van der Waals surface area contributed by atoms with Gasteiger partial charge in [-0.2, -0.15) is 5.10 Å². The zero-order valence-corrected chi connectivity index (χ0v) is 13.7. The third-order valence-electron chi connectivity index (χ3n) is 4.97. The maximum absolute atomic E-state index is 13.1. The minimum atomic E-state index is 0.186. The van der Waals surface area contributed by atoms with E-state index in [4.69, 9.17) is 5.10 Å². The SMILES string of the molecule is Cc1c(C(=O)N2CCCCC2)c(C2CC2)nn1-c1ccccc1. The van der Waals surface area contributed by atoms with Crippen molar-refractivity contribution >= 4 is 5.91 Å². The molecule has 120 valence electrons. The first kappa shape index (κ1) is 14.5. The van der Waals surface area contributed by atoms with Crippen LogP contribution in [0.15, 0.2) is 30.3 Å². The number of likely N-dealkylation sites (tertiary alicyclic amines) is 1. The molecule has 2 heterocycles. The predicted octanol–water partition coefficient (Wildman–Crippen LogP) is 3.68. The summed E-state index contributed by atoms with van der Waals surface area (Å²) in [5.41, 5.74) is 3.89. The van der Waals surface area contributed by atoms with Crippen molar-refractivity contribution in [2.24, 2.45) is 0 Å². The van der Waals surface area contributed by atoms with Crippen LogP contribution in [0.25, 0.3) is 5.69 Å². The van der Waals surface area contributed by atoms with E-state index in [0.29, 0.717) is 5.92 Å². The van der Waals surface area contributed by atoms with Crippen molar-refractivity contribution in [3.05, 3.63) is 47.3 Å². The Balaban J connectivity index is 1.76. The Morgan fingerprint density at radius 3 is 2.43 bits per heavy atom. The van der Waals surface area contributed by atoms with Crippen LogP contribution in [0, 0.1) is 6.92 Å². The number of aromatic nitrogens is 2. The zero-order chi connectivity index (χ0) is 15.8. The number of hydrogen-bond acceptors (Lipinski definition) is 2. The lowest BCUT2D eigenvalue weighted by atomic mass is 10.1. The molecule has 4 nitrogen and oxygen atoms in total. The molecule has 1 saturated heterocycles. The fraction of sp³-hybridized carbons (Fsp3) is 0.474. The molecule has 0 N–H and O–H groups in total. The summed E-state index contributed by atoms with van der Waals surface area (Å²) in [7, 11) is 0. The molecule has 0 atom stereocenters. The molecule has 1 aliphatic carbocycles. The number of rotatable bonds is 3. The summed E-state index contributed by atoms with van der Waals surface area (Å²) < 4.78 is 1.95. The van der Waals surface area contributed by atoms with E-state index in [-0.39, 0.29) is 5.91 Å². The minimum absolute atomic E-state index is 0.186. The Bertz CT molecular complexity index is 710. The molecule has 1 aromatic heterocycles. The molecule has 1 aliphatic heterocycles. The van der Waals surface area contributed by atoms with Crippen molar-refractivity contribution in [3.8, 4) is 5.69 Å². The van der Waals surface area contributed by atoms with Crippen molar-refractivity contribution in [2.75, 3.05) is 13.1 Å². The summed E-state index contributed by atoms with van der Waals surface area (Å²) in [5.74, 6) is 0.661. The summed E-state index contributed by atoms with van der Waals surface area (Å²) in [4.78, 5) is 15.1. The first-order valence-electron chi connectivity index (χ1n) is 8.70. The van der Waals surface area contributed by atoms with Crippen LogP contribution in [0.5, 0.6) is 0 Å². The number of nitrogens with zero attached hydrogens (tertiary/aromatic N) is 3. The molecule has 1 amide bonds. The van der Waals surface area contributed by atoms with E-state index < -0.39 is 0 Å². The third kappa shape index (κ3) is 2.67. The van der Waals surface area contributed by atoms with Crippen LogP contribution in [0.2, 0.25) is 0 Å². The predicted molar refractivity (Wildman–Crippen MR) is 90.0 cm³/mol. The van der Waals surface area contributed by atoms with Crippen LogP contribution in [-0.2, 0) is 0 Å². The maximum atomic E-state index is 13.1. The second-order valence-corrected chi connectivity index (χ2v) is 6.72. The second kappa shape index (κ2) is 5.84. The Hall–Kier alpha value is -2.10. The van der Waals surface area contributed by atoms with Crippen LogP contribution in [-0.4, -0.2) is 33.7 Å². The van der Waals surface area contributed by atoms with Crippen LogP contribution >= 0.6 is 0 Å². The van der Waals surface area contributed by atoms with Gasteiger partial charge >= 0.3 is 0 Å². The number of para-hydroxylation sites is 1. The molecular weight excluding hydrogens is 286 g/mol. The molecule has 1 aromatic carbocycles. The molecule has 0 spiro atoms. The van der Waals surface area contributed by atoms with Crippen molar-refractivity contribution in [1.82, 2.24) is 14.7 Å². The van der Waals surface area contributed by atoms with Gasteiger partial charge in [-0.15, -0.1) is 0 Å². The van der Waals surface area contributed by atoms with Gasteiger partial charge in [-0.1, -0.05) is 18.2 Å². The number of hydrogen-bond donors (Lipinski definition) is 0. The summed E-state index contributed by atoms with van der Waals surface area (Å²) in [6.07, 6.45) is 5.80. The van der Waals surface area contributed by atoms with E-state index in [9.17, 15) is 4.79 Å². The average Bonchev–Trinajstić information content (AvgIpc) is 3.39. The molecule has 2 aromatic rings. The van der Waals surface area contributed by atoms with Gasteiger partial charge in [-0.05, 0) is 51.2 Å². The summed E-state index contributed by atoms with van der Waals surface area (Å²) in [5, 5.41) is 4.83. The van der Waals surface area contributed by atoms with Crippen LogP contribution in [0.1, 0.15) is 59.8 Å². The van der Waals surface area contributed by atoms with Gasteiger partial charge in [0.1, 0.15) is 0 Å². The zero-order valence-electron chi connectivity index (χ0n) is 13.7. The van der Waals surface area contributed by atoms with Crippen LogP contribution in [0.3, 0.4) is 0 Å². The summed E-state index contributed by atoms with van der Waals surface area (Å²) >= 11 is 0. The van der Waals surface area contributed by atoms with E-state index >= 15 is 0 Å². The lowest BCUT2D eigenvalue weighted by molar-refractivity contribution is 0.0722. The van der Waals surface area contributed by atoms with Crippen molar-refractivity contribution in [2.45, 2.75) is 44.9 Å². The van der Waals surface area contributed by atoms with Gasteiger partial charge in [-0.25, -0.2) is 4.68 Å². The highest BCUT2D eigenvalue weighted by Gasteiger charge is 2.35. The Morgan fingerprint density at radius 1 is 1.09 bits per heavy atom. The fourth-order valence-electron chi connectivity index (χ4n) is 3.51. The van der Waals surface area contributed by atoms with E-state index in [0.717, 1.165) is 61.4 Å². The number of amides is 1. The molecule has 0 bridgehead atoms. The largest absolute Gasteiger partial charge is 0.339 e. The lowest BCUT2D eigenvalue weighted by Gasteiger charge is -2.27. The van der Waals surface area contributed by atoms with E-state index in [1.54, 1.807) is 0 Å². The van der Waals surface area contributed by atoms with Crippen molar-refractivity contribution < 1.29 is 4.79 Å². The second-order valence-electron chi connectivity index (χ2n) is 6.72. The van der Waals surface area contributed by atoms with Crippen LogP contribution < -0.4 is 0 Å². The third-order valence-corrected chi connectivity index (χ3v) is 4.97. The molecule has 4 heteroatoms. The van der Waals surface area contributed by atoms with Gasteiger partial charge in [0, 0.05) is 19.0 Å². The lowest BCUT2D eigenvalue weighted by Crippen LogP contribution is -2.36. The van der Waals surface area contributed by atoms with E-state index in [1.165, 1.54) is 6.42 Å². The highest BCUT2D eigenvalue weighted by atomic mass is 16.2. The van der Waals surface area contributed by atoms with E-state index in [2.05, 4.69) is 0 Å². The van der Waals surface area contributed by atoms with Gasteiger partial charge in [-0.3, -0.25) is 4.79 Å². The summed E-state index contributed by atoms with van der Waals surface area (Å²) in [6.45, 7) is 3.81. The quantitative estimate of drug-likeness (QED) is 0.867. The van der Waals surface area contributed by atoms with E-state index in [1.807, 2.05) is 46.8 Å². The monoisotopic (exact) mass is 309 g/mol. The number of piperidine rings is 1. The first-order valence-corrected chi connectivity index (χ1v) is 8.70. The molecule has 2 aliphatic rings. The molecule has 4 rings (SSSR count). The molecule has 2 fully saturated rings. The normalized spacial score (nSPS) is 18.2. The topological polar surface area (TPSA) is 38.1 Å². The standard InChI is InChI=1S/C19H23N3O/c1-14-17(19(23)21-12-6-3-7-13-21)18(15-10-11-15)20-22(14)16-8-4-2-5-9-16/h2,4-5,8-9,15H,3,6-7,10-13H2,1H3. The van der Waals surface area contributed by atoms with Crippen molar-refractivity contribution in [3.63, 3.8) is 0 Å². The van der Waals surface area contributed by atoms with Gasteiger partial charge in [0.15, 0.2) is 0 Å². The van der Waals surface area contributed by atoms with Crippen LogP contribution in [0.4, 0.5) is 0 Å². The smallest absolute Gasteiger partial charge is 0.257 e. The molecule has 1 saturated carbocycles. The minimum Gasteiger partial charge on any atom is -0.339 e. The number of carbonyl (C=O) groups excluding carboxylic acids is 1.